The molecule has 0 spiro atoms. The fraction of sp³-hybridized carbons (Fsp3) is 0.333. The Morgan fingerprint density at radius 1 is 1.59 bits per heavy atom. The van der Waals surface area contributed by atoms with Crippen molar-refractivity contribution in [3.63, 3.8) is 0 Å². The normalized spacial score (nSPS) is 19.5. The van der Waals surface area contributed by atoms with Crippen LogP contribution in [0.4, 0.5) is 5.69 Å². The molecule has 4 nitrogen and oxygen atoms in total. The number of carbonyl (C=O) groups excluding carboxylic acids is 1. The van der Waals surface area contributed by atoms with E-state index in [4.69, 9.17) is 11.0 Å². The van der Waals surface area contributed by atoms with Gasteiger partial charge in [-0.2, -0.15) is 5.26 Å². The Morgan fingerprint density at radius 2 is 2.35 bits per heavy atom. The Hall–Kier alpha value is -1.38. The lowest BCUT2D eigenvalue weighted by Crippen LogP contribution is -2.25. The number of hydrogen-bond donors (Lipinski definition) is 1. The van der Waals surface area contributed by atoms with Crippen LogP contribution in [-0.2, 0) is 4.79 Å². The first kappa shape index (κ1) is 12.1. The summed E-state index contributed by atoms with van der Waals surface area (Å²) in [5, 5.41) is 8.83. The molecule has 0 saturated carbocycles. The summed E-state index contributed by atoms with van der Waals surface area (Å²) < 4.78 is 0.710. The molecule has 0 bridgehead atoms. The SMILES string of the molecule is N#Cc1ccc(N2CC(CN)CC2=O)cc1Br. The number of nitriles is 1. The first-order valence-corrected chi connectivity index (χ1v) is 6.15. The molecule has 0 radical (unpaired) electrons. The van der Waals surface area contributed by atoms with Gasteiger partial charge in [0.05, 0.1) is 5.56 Å². The van der Waals surface area contributed by atoms with E-state index in [0.29, 0.717) is 29.5 Å². The third-order valence-electron chi connectivity index (χ3n) is 2.92. The van der Waals surface area contributed by atoms with Gasteiger partial charge in [-0.25, -0.2) is 0 Å². The number of rotatable bonds is 2. The van der Waals surface area contributed by atoms with E-state index in [0.717, 1.165) is 5.69 Å². The van der Waals surface area contributed by atoms with Crippen LogP contribution in [0.25, 0.3) is 0 Å². The second-order valence-electron chi connectivity index (χ2n) is 4.09. The maximum atomic E-state index is 11.8. The Kier molecular flexibility index (Phi) is 3.46. The van der Waals surface area contributed by atoms with Gasteiger partial charge in [-0.15, -0.1) is 0 Å². The molecule has 1 aromatic carbocycles. The minimum atomic E-state index is 0.0945. The maximum Gasteiger partial charge on any atom is 0.227 e. The van der Waals surface area contributed by atoms with Crippen LogP contribution in [0.1, 0.15) is 12.0 Å². The zero-order valence-corrected chi connectivity index (χ0v) is 10.8. The lowest BCUT2D eigenvalue weighted by molar-refractivity contribution is -0.117. The highest BCUT2D eigenvalue weighted by Crippen LogP contribution is 2.28. The maximum absolute atomic E-state index is 11.8. The van der Waals surface area contributed by atoms with E-state index in [1.807, 2.05) is 0 Å². The van der Waals surface area contributed by atoms with E-state index in [2.05, 4.69) is 22.0 Å². The second-order valence-corrected chi connectivity index (χ2v) is 4.94. The van der Waals surface area contributed by atoms with E-state index in [1.54, 1.807) is 23.1 Å². The molecule has 5 heteroatoms. The van der Waals surface area contributed by atoms with Crippen molar-refractivity contribution in [2.75, 3.05) is 18.0 Å². The smallest absolute Gasteiger partial charge is 0.227 e. The lowest BCUT2D eigenvalue weighted by Gasteiger charge is -2.17. The number of carbonyl (C=O) groups is 1. The predicted molar refractivity (Wildman–Crippen MR) is 68.4 cm³/mol. The van der Waals surface area contributed by atoms with Crippen molar-refractivity contribution in [3.8, 4) is 6.07 Å². The van der Waals surface area contributed by atoms with Crippen molar-refractivity contribution >= 4 is 27.5 Å². The molecule has 2 N–H and O–H groups in total. The molecule has 0 aliphatic carbocycles. The molecule has 1 heterocycles. The van der Waals surface area contributed by atoms with Gasteiger partial charge < -0.3 is 10.6 Å². The van der Waals surface area contributed by atoms with Crippen molar-refractivity contribution < 1.29 is 4.79 Å². The minimum absolute atomic E-state index is 0.0945. The molecule has 1 amide bonds. The van der Waals surface area contributed by atoms with Gasteiger partial charge in [0.2, 0.25) is 5.91 Å². The van der Waals surface area contributed by atoms with Crippen LogP contribution in [0.3, 0.4) is 0 Å². The first-order valence-electron chi connectivity index (χ1n) is 5.35. The van der Waals surface area contributed by atoms with Gasteiger partial charge >= 0.3 is 0 Å². The van der Waals surface area contributed by atoms with Crippen LogP contribution >= 0.6 is 15.9 Å². The van der Waals surface area contributed by atoms with Gasteiger partial charge in [0.15, 0.2) is 0 Å². The number of amides is 1. The number of anilines is 1. The summed E-state index contributed by atoms with van der Waals surface area (Å²) in [6.45, 7) is 1.19. The minimum Gasteiger partial charge on any atom is -0.330 e. The number of nitrogens with two attached hydrogens (primary N) is 1. The quantitative estimate of drug-likeness (QED) is 0.901. The second kappa shape index (κ2) is 4.86. The zero-order chi connectivity index (χ0) is 12.4. The Morgan fingerprint density at radius 3 is 2.88 bits per heavy atom. The summed E-state index contributed by atoms with van der Waals surface area (Å²) in [5.74, 6) is 0.328. The molecule has 1 atom stereocenters. The molecular weight excluding hydrogens is 282 g/mol. The fourth-order valence-corrected chi connectivity index (χ4v) is 2.41. The Labute approximate surface area is 108 Å². The van der Waals surface area contributed by atoms with E-state index >= 15 is 0 Å². The molecule has 1 aromatic rings. The van der Waals surface area contributed by atoms with Crippen LogP contribution in [-0.4, -0.2) is 19.0 Å². The van der Waals surface area contributed by atoms with Crippen LogP contribution in [0, 0.1) is 17.2 Å². The summed E-state index contributed by atoms with van der Waals surface area (Å²) in [4.78, 5) is 13.5. The Balaban J connectivity index is 2.27. The highest BCUT2D eigenvalue weighted by Gasteiger charge is 2.29. The molecule has 1 aliphatic heterocycles. The summed E-state index contributed by atoms with van der Waals surface area (Å²) in [6.07, 6.45) is 0.508. The van der Waals surface area contributed by atoms with Crippen molar-refractivity contribution in [1.82, 2.24) is 0 Å². The van der Waals surface area contributed by atoms with Crippen LogP contribution in [0.5, 0.6) is 0 Å². The highest BCUT2D eigenvalue weighted by molar-refractivity contribution is 9.10. The predicted octanol–water partition coefficient (Wildman–Crippen LogP) is 1.63. The molecule has 88 valence electrons. The average molecular weight is 294 g/mol. The van der Waals surface area contributed by atoms with E-state index in [-0.39, 0.29) is 11.8 Å². The summed E-state index contributed by atoms with van der Waals surface area (Å²) in [6, 6.07) is 7.38. The standard InChI is InChI=1S/C12H12BrN3O/c13-11-4-10(2-1-9(11)6-15)16-7-8(5-14)3-12(16)17/h1-2,4,8H,3,5,7,14H2. The molecule has 1 aliphatic rings. The molecule has 1 saturated heterocycles. The topological polar surface area (TPSA) is 70.1 Å². The molecule has 2 rings (SSSR count). The van der Waals surface area contributed by atoms with Gasteiger partial charge in [0.1, 0.15) is 6.07 Å². The molecule has 0 aromatic heterocycles. The molecule has 1 fully saturated rings. The first-order chi connectivity index (χ1) is 8.15. The van der Waals surface area contributed by atoms with Crippen molar-refractivity contribution in [2.45, 2.75) is 6.42 Å². The monoisotopic (exact) mass is 293 g/mol. The van der Waals surface area contributed by atoms with E-state index in [1.165, 1.54) is 0 Å². The van der Waals surface area contributed by atoms with Gasteiger partial charge in [-0.05, 0) is 46.6 Å². The number of halogens is 1. The summed E-state index contributed by atoms with van der Waals surface area (Å²) in [5.41, 5.74) is 6.96. The van der Waals surface area contributed by atoms with Gasteiger partial charge in [-0.1, -0.05) is 0 Å². The fourth-order valence-electron chi connectivity index (χ4n) is 1.95. The molecule has 17 heavy (non-hydrogen) atoms. The number of benzene rings is 1. The van der Waals surface area contributed by atoms with Crippen LogP contribution in [0.15, 0.2) is 22.7 Å². The van der Waals surface area contributed by atoms with E-state index < -0.39 is 0 Å². The molecular formula is C12H12BrN3O. The van der Waals surface area contributed by atoms with Crippen molar-refractivity contribution in [1.29, 1.82) is 5.26 Å². The van der Waals surface area contributed by atoms with Gasteiger partial charge in [0, 0.05) is 23.1 Å². The van der Waals surface area contributed by atoms with Crippen LogP contribution < -0.4 is 10.6 Å². The largest absolute Gasteiger partial charge is 0.330 e. The lowest BCUT2D eigenvalue weighted by atomic mass is 10.1. The highest BCUT2D eigenvalue weighted by atomic mass is 79.9. The third kappa shape index (κ3) is 2.33. The average Bonchev–Trinajstić information content (AvgIpc) is 2.70. The Bertz CT molecular complexity index is 495. The van der Waals surface area contributed by atoms with Gasteiger partial charge in [-0.3, -0.25) is 4.79 Å². The van der Waals surface area contributed by atoms with Crippen LogP contribution in [0.2, 0.25) is 0 Å². The third-order valence-corrected chi connectivity index (χ3v) is 3.58. The van der Waals surface area contributed by atoms with Crippen molar-refractivity contribution in [2.24, 2.45) is 11.7 Å². The zero-order valence-electron chi connectivity index (χ0n) is 9.19. The van der Waals surface area contributed by atoms with E-state index in [9.17, 15) is 4.79 Å². The number of hydrogen-bond acceptors (Lipinski definition) is 3. The molecule has 1 unspecified atom stereocenters. The summed E-state index contributed by atoms with van der Waals surface area (Å²) in [7, 11) is 0. The summed E-state index contributed by atoms with van der Waals surface area (Å²) >= 11 is 3.32. The van der Waals surface area contributed by atoms with Crippen molar-refractivity contribution in [3.05, 3.63) is 28.2 Å². The number of nitrogens with zero attached hydrogens (tertiary/aromatic N) is 2. The van der Waals surface area contributed by atoms with Gasteiger partial charge in [0.25, 0.3) is 0 Å².